The van der Waals surface area contributed by atoms with Crippen LogP contribution in [0, 0.1) is 0 Å². The number of hydrogen-bond acceptors (Lipinski definition) is 0. The molecule has 0 aromatic heterocycles. The van der Waals surface area contributed by atoms with Crippen molar-refractivity contribution < 1.29 is 0 Å². The molecule has 1 aliphatic carbocycles. The van der Waals surface area contributed by atoms with Crippen LogP contribution in [0.1, 0.15) is 25.0 Å². The lowest BCUT2D eigenvalue weighted by atomic mass is 9.82. The lowest BCUT2D eigenvalue weighted by molar-refractivity contribution is 0.660. The van der Waals surface area contributed by atoms with Gasteiger partial charge in [-0.1, -0.05) is 86.0 Å². The molecule has 1 heteroatoms. The summed E-state index contributed by atoms with van der Waals surface area (Å²) in [6.07, 6.45) is 0. The Balaban J connectivity index is 2.04. The van der Waals surface area contributed by atoms with E-state index in [0.717, 1.165) is 5.46 Å². The zero-order valence-corrected chi connectivity index (χ0v) is 12.9. The highest BCUT2D eigenvalue weighted by atomic mass is 14.4. The summed E-state index contributed by atoms with van der Waals surface area (Å²) in [7, 11) is 5.84. The maximum atomic E-state index is 5.84. The fraction of sp³-hybridized carbons (Fsp3) is 0.143. The molecular weight excluding hydrogens is 263 g/mol. The maximum absolute atomic E-state index is 5.84. The number of benzene rings is 3. The minimum atomic E-state index is 0.0513. The summed E-state index contributed by atoms with van der Waals surface area (Å²) in [5, 5.41) is 0. The highest BCUT2D eigenvalue weighted by Crippen LogP contribution is 2.51. The van der Waals surface area contributed by atoms with Gasteiger partial charge in [-0.05, 0) is 33.4 Å². The fourth-order valence-corrected chi connectivity index (χ4v) is 3.66. The van der Waals surface area contributed by atoms with Gasteiger partial charge >= 0.3 is 0 Å². The Hall–Kier alpha value is -2.28. The van der Waals surface area contributed by atoms with Crippen molar-refractivity contribution in [2.45, 2.75) is 19.3 Å². The third-order valence-corrected chi connectivity index (χ3v) is 4.83. The summed E-state index contributed by atoms with van der Waals surface area (Å²) in [5.41, 5.74) is 8.90. The first-order valence-electron chi connectivity index (χ1n) is 7.68. The van der Waals surface area contributed by atoms with Gasteiger partial charge in [-0.15, -0.1) is 0 Å². The van der Waals surface area contributed by atoms with E-state index in [1.807, 2.05) is 12.1 Å². The molecule has 0 atom stereocenters. The van der Waals surface area contributed by atoms with Gasteiger partial charge in [-0.25, -0.2) is 0 Å². The molecule has 0 bridgehead atoms. The van der Waals surface area contributed by atoms with Crippen LogP contribution in [0.3, 0.4) is 0 Å². The van der Waals surface area contributed by atoms with E-state index >= 15 is 0 Å². The number of hydrogen-bond donors (Lipinski definition) is 0. The second kappa shape index (κ2) is 4.61. The van der Waals surface area contributed by atoms with Crippen LogP contribution in [0.5, 0.6) is 0 Å². The van der Waals surface area contributed by atoms with Crippen LogP contribution in [0.15, 0.2) is 66.7 Å². The average Bonchev–Trinajstić information content (AvgIpc) is 2.77. The van der Waals surface area contributed by atoms with Gasteiger partial charge in [0, 0.05) is 5.41 Å². The topological polar surface area (TPSA) is 0 Å². The van der Waals surface area contributed by atoms with Crippen molar-refractivity contribution in [2.75, 3.05) is 0 Å². The van der Waals surface area contributed by atoms with Gasteiger partial charge in [0.2, 0.25) is 0 Å². The standard InChI is InChI=1S/C21H17B/c1-21(2)18-8-4-3-6-17(18)20-16(7-5-9-19(20)21)14-10-12-15(22)13-11-14/h3-13H,1-2H3. The molecule has 0 aliphatic heterocycles. The van der Waals surface area contributed by atoms with E-state index in [4.69, 9.17) is 7.85 Å². The van der Waals surface area contributed by atoms with Crippen LogP contribution in [-0.4, -0.2) is 7.85 Å². The smallest absolute Gasteiger partial charge is 0.0966 e. The zero-order chi connectivity index (χ0) is 15.3. The fourth-order valence-electron chi connectivity index (χ4n) is 3.66. The molecule has 0 spiro atoms. The van der Waals surface area contributed by atoms with E-state index in [1.54, 1.807) is 0 Å². The second-order valence-corrected chi connectivity index (χ2v) is 6.52. The number of fused-ring (bicyclic) bond motifs is 3. The Morgan fingerprint density at radius 2 is 1.32 bits per heavy atom. The lowest BCUT2D eigenvalue weighted by Gasteiger charge is -2.21. The van der Waals surface area contributed by atoms with Crippen molar-refractivity contribution in [3.05, 3.63) is 77.9 Å². The Kier molecular flexibility index (Phi) is 2.81. The van der Waals surface area contributed by atoms with E-state index in [2.05, 4.69) is 68.4 Å². The van der Waals surface area contributed by atoms with Crippen molar-refractivity contribution in [1.82, 2.24) is 0 Å². The molecule has 0 fully saturated rings. The van der Waals surface area contributed by atoms with Crippen LogP contribution in [-0.2, 0) is 5.41 Å². The zero-order valence-electron chi connectivity index (χ0n) is 12.9. The first kappa shape index (κ1) is 13.4. The van der Waals surface area contributed by atoms with E-state index in [1.165, 1.54) is 33.4 Å². The minimum absolute atomic E-state index is 0.0513. The molecule has 3 aromatic rings. The van der Waals surface area contributed by atoms with Crippen LogP contribution < -0.4 is 5.46 Å². The van der Waals surface area contributed by atoms with Gasteiger partial charge in [0.05, 0.1) is 0 Å². The molecule has 3 aromatic carbocycles. The van der Waals surface area contributed by atoms with E-state index in [0.29, 0.717) is 0 Å². The third kappa shape index (κ3) is 1.78. The quantitative estimate of drug-likeness (QED) is 0.577. The van der Waals surface area contributed by atoms with Crippen LogP contribution in [0.2, 0.25) is 0 Å². The van der Waals surface area contributed by atoms with Crippen molar-refractivity contribution >= 4 is 13.3 Å². The van der Waals surface area contributed by atoms with Gasteiger partial charge in [0.15, 0.2) is 0 Å². The Labute approximate surface area is 133 Å². The Morgan fingerprint density at radius 3 is 2.09 bits per heavy atom. The van der Waals surface area contributed by atoms with Crippen molar-refractivity contribution in [3.63, 3.8) is 0 Å². The molecule has 0 heterocycles. The first-order chi connectivity index (χ1) is 10.6. The summed E-state index contributed by atoms with van der Waals surface area (Å²) >= 11 is 0. The monoisotopic (exact) mass is 280 g/mol. The Bertz CT molecular complexity index is 857. The van der Waals surface area contributed by atoms with Crippen molar-refractivity contribution in [3.8, 4) is 22.3 Å². The third-order valence-electron chi connectivity index (χ3n) is 4.83. The van der Waals surface area contributed by atoms with Gasteiger partial charge in [-0.3, -0.25) is 0 Å². The SMILES string of the molecule is [B]c1ccc(-c2cccc3c2-c2ccccc2C3(C)C)cc1. The van der Waals surface area contributed by atoms with Crippen LogP contribution >= 0.6 is 0 Å². The Morgan fingerprint density at radius 1 is 0.682 bits per heavy atom. The molecule has 104 valence electrons. The minimum Gasteiger partial charge on any atom is -0.0966 e. The first-order valence-corrected chi connectivity index (χ1v) is 7.68. The van der Waals surface area contributed by atoms with Gasteiger partial charge in [-0.2, -0.15) is 0 Å². The summed E-state index contributed by atoms with van der Waals surface area (Å²) in [6, 6.07) is 23.6. The molecule has 0 unspecified atom stereocenters. The highest BCUT2D eigenvalue weighted by molar-refractivity contribution is 6.32. The predicted octanol–water partition coefficient (Wildman–Crippen LogP) is 4.45. The molecule has 1 aliphatic rings. The van der Waals surface area contributed by atoms with Gasteiger partial charge in [0.25, 0.3) is 0 Å². The molecule has 4 rings (SSSR count). The van der Waals surface area contributed by atoms with Crippen LogP contribution in [0.25, 0.3) is 22.3 Å². The van der Waals surface area contributed by atoms with E-state index in [-0.39, 0.29) is 5.41 Å². The lowest BCUT2D eigenvalue weighted by Crippen LogP contribution is -2.14. The highest BCUT2D eigenvalue weighted by Gasteiger charge is 2.36. The van der Waals surface area contributed by atoms with Crippen molar-refractivity contribution in [2.24, 2.45) is 0 Å². The van der Waals surface area contributed by atoms with E-state index in [9.17, 15) is 0 Å². The normalized spacial score (nSPS) is 14.5. The largest absolute Gasteiger partial charge is 0.113 e. The summed E-state index contributed by atoms with van der Waals surface area (Å²) in [4.78, 5) is 0. The average molecular weight is 280 g/mol. The molecule has 22 heavy (non-hydrogen) atoms. The molecular formula is C21H17B. The molecule has 0 amide bonds. The summed E-state index contributed by atoms with van der Waals surface area (Å²) in [5.74, 6) is 0. The summed E-state index contributed by atoms with van der Waals surface area (Å²) in [6.45, 7) is 4.62. The maximum Gasteiger partial charge on any atom is 0.113 e. The van der Waals surface area contributed by atoms with Crippen LogP contribution in [0.4, 0.5) is 0 Å². The van der Waals surface area contributed by atoms with Crippen molar-refractivity contribution in [1.29, 1.82) is 0 Å². The molecule has 2 radical (unpaired) electrons. The number of rotatable bonds is 1. The molecule has 0 saturated carbocycles. The summed E-state index contributed by atoms with van der Waals surface area (Å²) < 4.78 is 0. The van der Waals surface area contributed by atoms with E-state index < -0.39 is 0 Å². The molecule has 0 nitrogen and oxygen atoms in total. The molecule has 0 N–H and O–H groups in total. The molecule has 0 saturated heterocycles. The second-order valence-electron chi connectivity index (χ2n) is 6.52. The van der Waals surface area contributed by atoms with Gasteiger partial charge in [0.1, 0.15) is 7.85 Å². The van der Waals surface area contributed by atoms with Gasteiger partial charge < -0.3 is 0 Å². The predicted molar refractivity (Wildman–Crippen MR) is 94.8 cm³/mol.